The predicted octanol–water partition coefficient (Wildman–Crippen LogP) is 2.22. The monoisotopic (exact) mass is 232 g/mol. The molecule has 1 N–H and O–H groups in total. The Balaban J connectivity index is 2.05. The van der Waals surface area contributed by atoms with Gasteiger partial charge in [0, 0.05) is 32.7 Å². The molecule has 0 amide bonds. The van der Waals surface area contributed by atoms with Crippen molar-refractivity contribution in [1.29, 1.82) is 0 Å². The van der Waals surface area contributed by atoms with Crippen LogP contribution in [0.5, 0.6) is 0 Å². The molecule has 0 spiro atoms. The van der Waals surface area contributed by atoms with E-state index in [1.54, 1.807) is 0 Å². The number of hydrogen-bond donors (Lipinski definition) is 1. The predicted molar refractivity (Wildman–Crippen MR) is 73.3 cm³/mol. The highest BCUT2D eigenvalue weighted by Gasteiger charge is 2.10. The van der Waals surface area contributed by atoms with Crippen LogP contribution in [-0.4, -0.2) is 31.1 Å². The maximum absolute atomic E-state index is 3.40. The molecular weight excluding hydrogens is 208 g/mol. The van der Waals surface area contributed by atoms with Crippen molar-refractivity contribution in [1.82, 2.24) is 10.2 Å². The van der Waals surface area contributed by atoms with Crippen molar-refractivity contribution in [3.8, 4) is 0 Å². The summed E-state index contributed by atoms with van der Waals surface area (Å²) in [4.78, 5) is 2.54. The minimum atomic E-state index is 1.11. The first kappa shape index (κ1) is 12.6. The molecule has 2 nitrogen and oxygen atoms in total. The molecule has 0 aliphatic carbocycles. The molecule has 17 heavy (non-hydrogen) atoms. The average Bonchev–Trinajstić information content (AvgIpc) is 2.40. The normalized spacial score (nSPS) is 17.3. The molecule has 0 radical (unpaired) electrons. The van der Waals surface area contributed by atoms with Gasteiger partial charge in [-0.15, -0.1) is 0 Å². The highest BCUT2D eigenvalue weighted by atomic mass is 15.2. The van der Waals surface area contributed by atoms with Gasteiger partial charge >= 0.3 is 0 Å². The second kappa shape index (κ2) is 6.18. The number of benzene rings is 1. The van der Waals surface area contributed by atoms with Crippen LogP contribution in [0.1, 0.15) is 30.5 Å². The maximum Gasteiger partial charge on any atom is 0.0234 e. The van der Waals surface area contributed by atoms with Crippen LogP contribution in [-0.2, 0) is 19.4 Å². The van der Waals surface area contributed by atoms with Crippen LogP contribution in [0.15, 0.2) is 18.2 Å². The van der Waals surface area contributed by atoms with Gasteiger partial charge in [-0.25, -0.2) is 0 Å². The van der Waals surface area contributed by atoms with E-state index in [0.717, 1.165) is 32.5 Å². The third kappa shape index (κ3) is 3.30. The first-order valence-electron chi connectivity index (χ1n) is 6.87. The third-order valence-corrected chi connectivity index (χ3v) is 3.65. The van der Waals surface area contributed by atoms with Crippen LogP contribution in [0, 0.1) is 0 Å². The van der Waals surface area contributed by atoms with E-state index in [1.807, 2.05) is 0 Å². The lowest BCUT2D eigenvalue weighted by Crippen LogP contribution is -2.42. The number of nitrogens with zero attached hydrogens (tertiary/aromatic N) is 1. The maximum atomic E-state index is 3.40. The van der Waals surface area contributed by atoms with Crippen molar-refractivity contribution in [2.45, 2.75) is 33.2 Å². The van der Waals surface area contributed by atoms with Crippen molar-refractivity contribution in [2.75, 3.05) is 26.2 Å². The van der Waals surface area contributed by atoms with Gasteiger partial charge in [-0.3, -0.25) is 4.90 Å². The van der Waals surface area contributed by atoms with Gasteiger partial charge in [0.2, 0.25) is 0 Å². The van der Waals surface area contributed by atoms with Gasteiger partial charge in [-0.1, -0.05) is 32.0 Å². The Morgan fingerprint density at radius 3 is 2.41 bits per heavy atom. The molecular formula is C15H24N2. The lowest BCUT2D eigenvalue weighted by atomic mass is 10.00. The fourth-order valence-electron chi connectivity index (χ4n) is 2.58. The molecule has 1 aliphatic rings. The van der Waals surface area contributed by atoms with Crippen molar-refractivity contribution in [3.63, 3.8) is 0 Å². The van der Waals surface area contributed by atoms with Gasteiger partial charge in [-0.05, 0) is 29.5 Å². The number of rotatable bonds is 4. The van der Waals surface area contributed by atoms with E-state index in [9.17, 15) is 0 Å². The molecule has 0 bridgehead atoms. The molecule has 1 aromatic rings. The topological polar surface area (TPSA) is 15.3 Å². The van der Waals surface area contributed by atoms with Gasteiger partial charge in [0.1, 0.15) is 0 Å². The molecule has 2 heteroatoms. The average molecular weight is 232 g/mol. The molecule has 0 saturated carbocycles. The van der Waals surface area contributed by atoms with E-state index in [1.165, 1.54) is 29.8 Å². The van der Waals surface area contributed by atoms with Crippen LogP contribution in [0.2, 0.25) is 0 Å². The summed E-state index contributed by atoms with van der Waals surface area (Å²) < 4.78 is 0. The van der Waals surface area contributed by atoms with Crippen LogP contribution >= 0.6 is 0 Å². The standard InChI is InChI=1S/C15H24N2/c1-3-14-6-5-13(11-15(14)4-2)12-17-9-7-16-8-10-17/h5-6,11,16H,3-4,7-10,12H2,1-2H3. The summed E-state index contributed by atoms with van der Waals surface area (Å²) in [6.45, 7) is 10.2. The van der Waals surface area contributed by atoms with Crippen LogP contribution in [0.3, 0.4) is 0 Å². The summed E-state index contributed by atoms with van der Waals surface area (Å²) in [5.74, 6) is 0. The Hall–Kier alpha value is -0.860. The number of piperazine rings is 1. The zero-order valence-electron chi connectivity index (χ0n) is 11.1. The van der Waals surface area contributed by atoms with Gasteiger partial charge < -0.3 is 5.32 Å². The molecule has 1 aromatic carbocycles. The fraction of sp³-hybridized carbons (Fsp3) is 0.600. The largest absolute Gasteiger partial charge is 0.314 e. The Morgan fingerprint density at radius 1 is 1.06 bits per heavy atom. The van der Waals surface area contributed by atoms with E-state index in [-0.39, 0.29) is 0 Å². The van der Waals surface area contributed by atoms with E-state index in [2.05, 4.69) is 42.3 Å². The van der Waals surface area contributed by atoms with Gasteiger partial charge in [0.15, 0.2) is 0 Å². The first-order chi connectivity index (χ1) is 8.33. The zero-order chi connectivity index (χ0) is 12.1. The summed E-state index contributed by atoms with van der Waals surface area (Å²) in [5, 5.41) is 3.40. The van der Waals surface area contributed by atoms with E-state index in [0.29, 0.717) is 0 Å². The zero-order valence-corrected chi connectivity index (χ0v) is 11.1. The Kier molecular flexibility index (Phi) is 4.57. The van der Waals surface area contributed by atoms with Crippen molar-refractivity contribution in [3.05, 3.63) is 34.9 Å². The molecule has 1 heterocycles. The Labute approximate surface area is 105 Å². The molecule has 0 unspecified atom stereocenters. The first-order valence-corrected chi connectivity index (χ1v) is 6.87. The minimum absolute atomic E-state index is 1.11. The molecule has 1 aliphatic heterocycles. The number of aryl methyl sites for hydroxylation is 2. The molecule has 1 saturated heterocycles. The van der Waals surface area contributed by atoms with Crippen LogP contribution in [0.25, 0.3) is 0 Å². The quantitative estimate of drug-likeness (QED) is 0.856. The summed E-state index contributed by atoms with van der Waals surface area (Å²) in [6.07, 6.45) is 2.30. The fourth-order valence-corrected chi connectivity index (χ4v) is 2.58. The molecule has 2 rings (SSSR count). The molecule has 1 fully saturated rings. The highest BCUT2D eigenvalue weighted by Crippen LogP contribution is 2.15. The van der Waals surface area contributed by atoms with E-state index >= 15 is 0 Å². The Bertz CT molecular complexity index is 354. The van der Waals surface area contributed by atoms with Crippen LogP contribution < -0.4 is 5.32 Å². The summed E-state index contributed by atoms with van der Waals surface area (Å²) >= 11 is 0. The van der Waals surface area contributed by atoms with E-state index in [4.69, 9.17) is 0 Å². The molecule has 94 valence electrons. The highest BCUT2D eigenvalue weighted by molar-refractivity contribution is 5.32. The smallest absolute Gasteiger partial charge is 0.0234 e. The number of hydrogen-bond acceptors (Lipinski definition) is 2. The SMILES string of the molecule is CCc1ccc(CN2CCNCC2)cc1CC. The number of nitrogens with one attached hydrogen (secondary N) is 1. The summed E-state index contributed by atoms with van der Waals surface area (Å²) in [5.41, 5.74) is 4.51. The molecule has 0 atom stereocenters. The Morgan fingerprint density at radius 2 is 1.76 bits per heavy atom. The van der Waals surface area contributed by atoms with Gasteiger partial charge in [0.25, 0.3) is 0 Å². The van der Waals surface area contributed by atoms with Crippen molar-refractivity contribution < 1.29 is 0 Å². The second-order valence-electron chi connectivity index (χ2n) is 4.84. The summed E-state index contributed by atoms with van der Waals surface area (Å²) in [6, 6.07) is 7.03. The van der Waals surface area contributed by atoms with Gasteiger partial charge in [-0.2, -0.15) is 0 Å². The van der Waals surface area contributed by atoms with E-state index < -0.39 is 0 Å². The van der Waals surface area contributed by atoms with Crippen molar-refractivity contribution >= 4 is 0 Å². The second-order valence-corrected chi connectivity index (χ2v) is 4.84. The van der Waals surface area contributed by atoms with Crippen molar-refractivity contribution in [2.24, 2.45) is 0 Å². The lowest BCUT2D eigenvalue weighted by Gasteiger charge is -2.27. The van der Waals surface area contributed by atoms with Gasteiger partial charge in [0.05, 0.1) is 0 Å². The van der Waals surface area contributed by atoms with Crippen LogP contribution in [0.4, 0.5) is 0 Å². The summed E-state index contributed by atoms with van der Waals surface area (Å²) in [7, 11) is 0. The third-order valence-electron chi connectivity index (χ3n) is 3.65. The molecule has 0 aromatic heterocycles. The lowest BCUT2D eigenvalue weighted by molar-refractivity contribution is 0.233. The minimum Gasteiger partial charge on any atom is -0.314 e.